The van der Waals surface area contributed by atoms with Crippen LogP contribution in [0.5, 0.6) is 5.75 Å². The Morgan fingerprint density at radius 3 is 2.29 bits per heavy atom. The van der Waals surface area contributed by atoms with Gasteiger partial charge in [0.15, 0.2) is 11.6 Å². The first kappa shape index (κ1) is 28.0. The fourth-order valence-electron chi connectivity index (χ4n) is 4.91. The number of hydrogen-bond acceptors (Lipinski definition) is 7. The molecule has 2 aromatic carbocycles. The highest BCUT2D eigenvalue weighted by atomic mass is 35.5. The van der Waals surface area contributed by atoms with E-state index in [0.29, 0.717) is 23.5 Å². The van der Waals surface area contributed by atoms with Crippen LogP contribution in [0.4, 0.5) is 22.1 Å². The largest absolute Gasteiger partial charge is 0.507 e. The molecular formula is C28H30ClN7O5. The molecule has 5 rings (SSSR count). The second-order valence-electron chi connectivity index (χ2n) is 10.8. The molecule has 41 heavy (non-hydrogen) atoms. The first-order chi connectivity index (χ1) is 19.4. The van der Waals surface area contributed by atoms with Gasteiger partial charge < -0.3 is 29.2 Å². The van der Waals surface area contributed by atoms with Gasteiger partial charge in [-0.25, -0.2) is 14.8 Å². The molecular weight excluding hydrogens is 550 g/mol. The molecule has 0 radical (unpaired) electrons. The predicted octanol–water partition coefficient (Wildman–Crippen LogP) is 4.59. The summed E-state index contributed by atoms with van der Waals surface area (Å²) in [5.41, 5.74) is 0.780. The number of amides is 3. The second-order valence-corrected chi connectivity index (χ2v) is 11.2. The summed E-state index contributed by atoms with van der Waals surface area (Å²) in [6.07, 6.45) is 2.29. The van der Waals surface area contributed by atoms with Crippen molar-refractivity contribution in [2.24, 2.45) is 14.1 Å². The molecule has 0 aliphatic carbocycles. The molecule has 0 bridgehead atoms. The number of halogens is 1. The number of rotatable bonds is 5. The minimum Gasteiger partial charge on any atom is -0.507 e. The summed E-state index contributed by atoms with van der Waals surface area (Å²) < 4.78 is 8.18. The van der Waals surface area contributed by atoms with Crippen LogP contribution in [-0.2, 0) is 18.8 Å². The topological polar surface area (TPSA) is 144 Å². The van der Waals surface area contributed by atoms with Crippen molar-refractivity contribution in [3.63, 3.8) is 0 Å². The Hall–Kier alpha value is -4.58. The number of phenols is 1. The number of aromatic nitrogens is 4. The maximum atomic E-state index is 13.7. The number of benzene rings is 2. The quantitative estimate of drug-likeness (QED) is 0.293. The van der Waals surface area contributed by atoms with E-state index >= 15 is 0 Å². The lowest BCUT2D eigenvalue weighted by Gasteiger charge is -2.18. The number of nitrogens with one attached hydrogen (secondary N) is 2. The zero-order chi connectivity index (χ0) is 29.6. The monoisotopic (exact) mass is 579 g/mol. The van der Waals surface area contributed by atoms with Crippen molar-refractivity contribution >= 4 is 57.6 Å². The fourth-order valence-corrected chi connectivity index (χ4v) is 5.16. The van der Waals surface area contributed by atoms with Gasteiger partial charge >= 0.3 is 6.09 Å². The van der Waals surface area contributed by atoms with Gasteiger partial charge in [0.1, 0.15) is 11.4 Å². The summed E-state index contributed by atoms with van der Waals surface area (Å²) in [5.74, 6) is -0.396. The maximum absolute atomic E-state index is 13.7. The number of alkyl halides is 1. The number of aryl methyl sites for hydroxylation is 2. The number of aromatic hydroxyl groups is 1. The molecule has 3 heterocycles. The summed E-state index contributed by atoms with van der Waals surface area (Å²) >= 11 is 6.31. The molecule has 2 aromatic heterocycles. The smallest absolute Gasteiger partial charge is 0.413 e. The van der Waals surface area contributed by atoms with Crippen molar-refractivity contribution < 1.29 is 24.2 Å². The Bertz CT molecular complexity index is 1690. The zero-order valence-electron chi connectivity index (χ0n) is 23.2. The minimum atomic E-state index is -0.698. The molecule has 12 nitrogen and oxygen atoms in total. The molecule has 1 aliphatic heterocycles. The lowest BCUT2D eigenvalue weighted by atomic mass is 9.95. The highest BCUT2D eigenvalue weighted by Gasteiger charge is 2.36. The molecule has 0 spiro atoms. The predicted molar refractivity (Wildman–Crippen MR) is 155 cm³/mol. The van der Waals surface area contributed by atoms with Gasteiger partial charge in [-0.15, -0.1) is 11.6 Å². The number of anilines is 3. The number of ether oxygens (including phenoxy) is 1. The average molecular weight is 580 g/mol. The van der Waals surface area contributed by atoms with Gasteiger partial charge in [-0.2, -0.15) is 0 Å². The summed E-state index contributed by atoms with van der Waals surface area (Å²) in [5, 5.41) is 17.4. The van der Waals surface area contributed by atoms with Crippen molar-refractivity contribution in [3.8, 4) is 5.75 Å². The van der Waals surface area contributed by atoms with E-state index in [9.17, 15) is 19.5 Å². The third-order valence-corrected chi connectivity index (χ3v) is 6.97. The van der Waals surface area contributed by atoms with Crippen LogP contribution in [0.2, 0.25) is 0 Å². The molecule has 13 heteroatoms. The first-order valence-electron chi connectivity index (χ1n) is 12.9. The highest BCUT2D eigenvalue weighted by molar-refractivity contribution is 6.19. The third kappa shape index (κ3) is 5.42. The maximum Gasteiger partial charge on any atom is 0.413 e. The number of carbonyl (C=O) groups excluding carboxylic acids is 3. The number of nitrogens with zero attached hydrogens (tertiary/aromatic N) is 5. The summed E-state index contributed by atoms with van der Waals surface area (Å²) in [7, 11) is 3.25. The van der Waals surface area contributed by atoms with Crippen LogP contribution in [0.3, 0.4) is 0 Å². The normalized spacial score (nSPS) is 14.7. The van der Waals surface area contributed by atoms with Gasteiger partial charge in [-0.1, -0.05) is 24.3 Å². The first-order valence-corrected chi connectivity index (χ1v) is 13.4. The van der Waals surface area contributed by atoms with Crippen LogP contribution in [-0.4, -0.2) is 60.1 Å². The molecule has 3 N–H and O–H groups in total. The van der Waals surface area contributed by atoms with Gasteiger partial charge in [-0.3, -0.25) is 14.9 Å². The van der Waals surface area contributed by atoms with E-state index in [-0.39, 0.29) is 35.0 Å². The molecule has 0 fully saturated rings. The van der Waals surface area contributed by atoms with E-state index < -0.39 is 23.5 Å². The van der Waals surface area contributed by atoms with E-state index in [1.165, 1.54) is 21.5 Å². The van der Waals surface area contributed by atoms with Crippen molar-refractivity contribution in [2.75, 3.05) is 28.0 Å². The number of imidazole rings is 2. The van der Waals surface area contributed by atoms with Crippen molar-refractivity contribution in [1.82, 2.24) is 19.1 Å². The van der Waals surface area contributed by atoms with Crippen LogP contribution in [0.25, 0.3) is 10.8 Å². The van der Waals surface area contributed by atoms with Crippen LogP contribution in [0.1, 0.15) is 53.5 Å². The SMILES string of the molecule is Cn1cc(NC(=O)OC(C)(C)C)nc1C(=O)Nc1cn(C)c(C(=O)N2C[C@@H](CCl)c3c2cc(O)c2ccccc32)n1. The van der Waals surface area contributed by atoms with Crippen LogP contribution in [0.15, 0.2) is 42.7 Å². The molecule has 1 atom stereocenters. The zero-order valence-corrected chi connectivity index (χ0v) is 24.0. The van der Waals surface area contributed by atoms with Crippen LogP contribution >= 0.6 is 11.6 Å². The Morgan fingerprint density at radius 2 is 1.63 bits per heavy atom. The minimum absolute atomic E-state index is 0.00960. The van der Waals surface area contributed by atoms with Crippen LogP contribution in [0, 0.1) is 0 Å². The van der Waals surface area contributed by atoms with E-state index in [2.05, 4.69) is 20.6 Å². The van der Waals surface area contributed by atoms with Crippen LogP contribution < -0.4 is 15.5 Å². The van der Waals surface area contributed by atoms with E-state index in [0.717, 1.165) is 10.9 Å². The molecule has 214 valence electrons. The lowest BCUT2D eigenvalue weighted by Crippen LogP contribution is -2.32. The summed E-state index contributed by atoms with van der Waals surface area (Å²) in [6.45, 7) is 5.53. The Balaban J connectivity index is 1.36. The molecule has 0 saturated heterocycles. The van der Waals surface area contributed by atoms with Gasteiger partial charge in [0, 0.05) is 56.3 Å². The van der Waals surface area contributed by atoms with Gasteiger partial charge in [-0.05, 0) is 31.7 Å². The van der Waals surface area contributed by atoms with E-state index in [1.807, 2.05) is 24.3 Å². The van der Waals surface area contributed by atoms with Crippen molar-refractivity contribution in [3.05, 3.63) is 59.9 Å². The summed E-state index contributed by atoms with van der Waals surface area (Å²) in [4.78, 5) is 48.9. The number of fused-ring (bicyclic) bond motifs is 3. The third-order valence-electron chi connectivity index (χ3n) is 6.59. The number of hydrogen-bond donors (Lipinski definition) is 3. The molecule has 0 saturated carbocycles. The Kier molecular flexibility index (Phi) is 7.12. The molecule has 3 amide bonds. The number of phenolic OH excluding ortho intramolecular Hbond substituents is 1. The van der Waals surface area contributed by atoms with Gasteiger partial charge in [0.05, 0.1) is 5.69 Å². The average Bonchev–Trinajstić information content (AvgIpc) is 3.56. The lowest BCUT2D eigenvalue weighted by molar-refractivity contribution is 0.0634. The van der Waals surface area contributed by atoms with E-state index in [1.54, 1.807) is 45.8 Å². The van der Waals surface area contributed by atoms with E-state index in [4.69, 9.17) is 16.3 Å². The molecule has 0 unspecified atom stereocenters. The Labute approximate surface area is 240 Å². The fraction of sp³-hybridized carbons (Fsp3) is 0.321. The molecule has 4 aromatic rings. The molecule has 1 aliphatic rings. The standard InChI is InChI=1S/C28H30ClN7O5/c1-28(2,3)41-27(40)33-21-14-34(4)23(30-21)25(38)32-20-13-35(5)24(31-20)26(39)36-12-15(11-29)22-17-9-7-6-8-16(17)19(37)10-18(22)36/h6-10,13-15,37H,11-12H2,1-5H3,(H,32,38)(H,33,40)/t15-/m1/s1. The second kappa shape index (κ2) is 10.4. The van der Waals surface area contributed by atoms with Crippen molar-refractivity contribution in [1.29, 1.82) is 0 Å². The summed E-state index contributed by atoms with van der Waals surface area (Å²) in [6, 6.07) is 9.03. The van der Waals surface area contributed by atoms with Gasteiger partial charge in [0.25, 0.3) is 11.8 Å². The Morgan fingerprint density at radius 1 is 1.02 bits per heavy atom. The highest BCUT2D eigenvalue weighted by Crippen LogP contribution is 2.45. The van der Waals surface area contributed by atoms with Gasteiger partial charge in [0.2, 0.25) is 11.6 Å². The van der Waals surface area contributed by atoms with Crippen molar-refractivity contribution in [2.45, 2.75) is 32.3 Å². The number of carbonyl (C=O) groups is 3.